The summed E-state index contributed by atoms with van der Waals surface area (Å²) in [6.45, 7) is 0.529. The van der Waals surface area contributed by atoms with Crippen molar-refractivity contribution in [2.45, 2.75) is 6.54 Å². The lowest BCUT2D eigenvalue weighted by atomic mass is 10.2. The number of amides is 1. The van der Waals surface area contributed by atoms with Gasteiger partial charge in [0.1, 0.15) is 5.82 Å². The van der Waals surface area contributed by atoms with E-state index in [-0.39, 0.29) is 5.91 Å². The molecule has 1 N–H and O–H groups in total. The van der Waals surface area contributed by atoms with Crippen LogP contribution in [0.4, 0.5) is 11.5 Å². The molecule has 25 heavy (non-hydrogen) atoms. The lowest BCUT2D eigenvalue weighted by molar-refractivity contribution is 0.102. The predicted molar refractivity (Wildman–Crippen MR) is 102 cm³/mol. The molecule has 0 aliphatic rings. The molecule has 0 saturated carbocycles. The first-order valence-electron chi connectivity index (χ1n) is 7.88. The molecule has 0 aliphatic carbocycles. The maximum atomic E-state index is 12.6. The molecule has 1 heterocycles. The number of hydrogen-bond acceptors (Lipinski definition) is 3. The summed E-state index contributed by atoms with van der Waals surface area (Å²) in [5, 5.41) is 7.88. The third-order valence-electron chi connectivity index (χ3n) is 3.80. The Morgan fingerprint density at radius 1 is 1.16 bits per heavy atom. The van der Waals surface area contributed by atoms with Crippen LogP contribution < -0.4 is 10.2 Å². The maximum Gasteiger partial charge on any atom is 0.256 e. The Morgan fingerprint density at radius 3 is 2.72 bits per heavy atom. The highest BCUT2D eigenvalue weighted by atomic mass is 35.5. The molecule has 0 spiro atoms. The highest BCUT2D eigenvalue weighted by Crippen LogP contribution is 2.17. The molecule has 0 radical (unpaired) electrons. The van der Waals surface area contributed by atoms with Crippen molar-refractivity contribution in [3.63, 3.8) is 0 Å². The summed E-state index contributed by atoms with van der Waals surface area (Å²) >= 11 is 6.03. The number of carbonyl (C=O) groups excluding carboxylic acids is 1. The van der Waals surface area contributed by atoms with E-state index < -0.39 is 0 Å². The van der Waals surface area contributed by atoms with Crippen molar-refractivity contribution in [1.29, 1.82) is 0 Å². The molecule has 3 aromatic rings. The van der Waals surface area contributed by atoms with Crippen LogP contribution in [0.25, 0.3) is 0 Å². The van der Waals surface area contributed by atoms with E-state index in [0.717, 1.165) is 11.3 Å². The summed E-state index contributed by atoms with van der Waals surface area (Å²) < 4.78 is 1.74. The second-order valence-electron chi connectivity index (χ2n) is 5.90. The quantitative estimate of drug-likeness (QED) is 0.756. The lowest BCUT2D eigenvalue weighted by Crippen LogP contribution is -2.17. The average Bonchev–Trinajstić information content (AvgIpc) is 3.01. The van der Waals surface area contributed by atoms with Gasteiger partial charge in [-0.2, -0.15) is 5.10 Å². The van der Waals surface area contributed by atoms with Gasteiger partial charge in [-0.1, -0.05) is 29.8 Å². The maximum absolute atomic E-state index is 12.6. The van der Waals surface area contributed by atoms with E-state index in [1.807, 2.05) is 61.5 Å². The van der Waals surface area contributed by atoms with E-state index in [9.17, 15) is 4.79 Å². The minimum Gasteiger partial charge on any atom is -0.378 e. The molecule has 0 unspecified atom stereocenters. The minimum absolute atomic E-state index is 0.170. The average molecular weight is 355 g/mol. The summed E-state index contributed by atoms with van der Waals surface area (Å²) in [4.78, 5) is 14.5. The molecule has 1 amide bonds. The number of aromatic nitrogens is 2. The molecule has 0 saturated heterocycles. The molecular weight excluding hydrogens is 336 g/mol. The molecular formula is C19H19ClN4O. The van der Waals surface area contributed by atoms with Gasteiger partial charge >= 0.3 is 0 Å². The minimum atomic E-state index is -0.170. The van der Waals surface area contributed by atoms with Crippen molar-refractivity contribution in [3.8, 4) is 0 Å². The van der Waals surface area contributed by atoms with Gasteiger partial charge in [0.05, 0.1) is 12.7 Å². The topological polar surface area (TPSA) is 50.2 Å². The van der Waals surface area contributed by atoms with Crippen molar-refractivity contribution in [2.24, 2.45) is 0 Å². The zero-order valence-corrected chi connectivity index (χ0v) is 14.9. The normalized spacial score (nSPS) is 10.5. The molecule has 3 rings (SSSR count). The van der Waals surface area contributed by atoms with Gasteiger partial charge in [-0.3, -0.25) is 4.79 Å². The monoisotopic (exact) mass is 354 g/mol. The summed E-state index contributed by atoms with van der Waals surface area (Å²) in [5.41, 5.74) is 2.59. The van der Waals surface area contributed by atoms with Gasteiger partial charge in [0.2, 0.25) is 0 Å². The Labute approximate surface area is 151 Å². The van der Waals surface area contributed by atoms with Crippen LogP contribution in [-0.2, 0) is 6.54 Å². The third-order valence-corrected chi connectivity index (χ3v) is 4.04. The SMILES string of the molecule is CN(C)c1cccc(C(=O)Nc2ccnn2Cc2cccc(Cl)c2)c1. The summed E-state index contributed by atoms with van der Waals surface area (Å²) in [5.74, 6) is 0.469. The van der Waals surface area contributed by atoms with Gasteiger partial charge < -0.3 is 10.2 Å². The number of hydrogen-bond donors (Lipinski definition) is 1. The van der Waals surface area contributed by atoms with Crippen molar-refractivity contribution < 1.29 is 4.79 Å². The standard InChI is InChI=1S/C19H19ClN4O/c1-23(2)17-8-4-6-15(12-17)19(25)22-18-9-10-21-24(18)13-14-5-3-7-16(20)11-14/h3-12H,13H2,1-2H3,(H,22,25). The fourth-order valence-corrected chi connectivity index (χ4v) is 2.70. The van der Waals surface area contributed by atoms with E-state index >= 15 is 0 Å². The molecule has 0 aliphatic heterocycles. The Balaban J connectivity index is 1.77. The fourth-order valence-electron chi connectivity index (χ4n) is 2.49. The Morgan fingerprint density at radius 2 is 1.96 bits per heavy atom. The molecule has 128 valence electrons. The molecule has 1 aromatic heterocycles. The van der Waals surface area contributed by atoms with Crippen LogP contribution in [0.5, 0.6) is 0 Å². The van der Waals surface area contributed by atoms with Crippen molar-refractivity contribution in [1.82, 2.24) is 9.78 Å². The van der Waals surface area contributed by atoms with E-state index in [0.29, 0.717) is 22.9 Å². The second-order valence-corrected chi connectivity index (χ2v) is 6.34. The smallest absolute Gasteiger partial charge is 0.256 e. The van der Waals surface area contributed by atoms with Crippen LogP contribution in [0.2, 0.25) is 5.02 Å². The van der Waals surface area contributed by atoms with Gasteiger partial charge in [-0.15, -0.1) is 0 Å². The van der Waals surface area contributed by atoms with E-state index in [1.54, 1.807) is 23.0 Å². The largest absolute Gasteiger partial charge is 0.378 e. The first-order chi connectivity index (χ1) is 12.0. The second kappa shape index (κ2) is 7.40. The van der Waals surface area contributed by atoms with Crippen LogP contribution in [0.15, 0.2) is 60.8 Å². The molecule has 6 heteroatoms. The van der Waals surface area contributed by atoms with Crippen LogP contribution in [0, 0.1) is 0 Å². The number of carbonyl (C=O) groups is 1. The van der Waals surface area contributed by atoms with Crippen LogP contribution in [0.1, 0.15) is 15.9 Å². The van der Waals surface area contributed by atoms with E-state index in [2.05, 4.69) is 10.4 Å². The van der Waals surface area contributed by atoms with Gasteiger partial charge in [-0.25, -0.2) is 4.68 Å². The molecule has 0 atom stereocenters. The highest BCUT2D eigenvalue weighted by Gasteiger charge is 2.11. The van der Waals surface area contributed by atoms with Gasteiger partial charge in [0, 0.05) is 36.4 Å². The number of benzene rings is 2. The Bertz CT molecular complexity index is 888. The molecule has 0 bridgehead atoms. The number of nitrogens with one attached hydrogen (secondary N) is 1. The van der Waals surface area contributed by atoms with E-state index in [1.165, 1.54) is 0 Å². The zero-order chi connectivity index (χ0) is 17.8. The third kappa shape index (κ3) is 4.19. The molecule has 2 aromatic carbocycles. The first kappa shape index (κ1) is 17.0. The van der Waals surface area contributed by atoms with Crippen molar-refractivity contribution >= 4 is 29.0 Å². The van der Waals surface area contributed by atoms with Crippen LogP contribution in [-0.4, -0.2) is 29.8 Å². The number of halogens is 1. The Hall–Kier alpha value is -2.79. The van der Waals surface area contributed by atoms with Crippen LogP contribution in [0.3, 0.4) is 0 Å². The van der Waals surface area contributed by atoms with Crippen molar-refractivity contribution in [2.75, 3.05) is 24.3 Å². The first-order valence-corrected chi connectivity index (χ1v) is 8.26. The highest BCUT2D eigenvalue weighted by molar-refractivity contribution is 6.30. The summed E-state index contributed by atoms with van der Waals surface area (Å²) in [6, 6.07) is 16.8. The number of anilines is 2. The fraction of sp³-hybridized carbons (Fsp3) is 0.158. The molecule has 5 nitrogen and oxygen atoms in total. The number of rotatable bonds is 5. The lowest BCUT2D eigenvalue weighted by Gasteiger charge is -2.14. The summed E-state index contributed by atoms with van der Waals surface area (Å²) in [7, 11) is 3.88. The van der Waals surface area contributed by atoms with Gasteiger partial charge in [0.15, 0.2) is 0 Å². The van der Waals surface area contributed by atoms with Gasteiger partial charge in [0.25, 0.3) is 5.91 Å². The summed E-state index contributed by atoms with van der Waals surface area (Å²) in [6.07, 6.45) is 1.66. The predicted octanol–water partition coefficient (Wildman–Crippen LogP) is 3.90. The van der Waals surface area contributed by atoms with Crippen LogP contribution >= 0.6 is 11.6 Å². The Kier molecular flexibility index (Phi) is 5.05. The number of nitrogens with zero attached hydrogens (tertiary/aromatic N) is 3. The van der Waals surface area contributed by atoms with Gasteiger partial charge in [-0.05, 0) is 35.9 Å². The van der Waals surface area contributed by atoms with Crippen molar-refractivity contribution in [3.05, 3.63) is 76.9 Å². The molecule has 0 fully saturated rings. The zero-order valence-electron chi connectivity index (χ0n) is 14.1. The van der Waals surface area contributed by atoms with E-state index in [4.69, 9.17) is 11.6 Å².